The predicted molar refractivity (Wildman–Crippen MR) is 93.2 cm³/mol. The fourth-order valence-electron chi connectivity index (χ4n) is 2.33. The molecule has 4 heteroatoms. The van der Waals surface area contributed by atoms with E-state index < -0.39 is 5.41 Å². The minimum Gasteiger partial charge on any atom is -0.335 e. The predicted octanol–water partition coefficient (Wildman–Crippen LogP) is 5.34. The highest BCUT2D eigenvalue weighted by Gasteiger charge is 2.29. The average molecular weight is 324 g/mol. The summed E-state index contributed by atoms with van der Waals surface area (Å²) in [5, 5.41) is 0. The zero-order chi connectivity index (χ0) is 16.4. The molecule has 0 aliphatic rings. The molecule has 0 amide bonds. The van der Waals surface area contributed by atoms with Gasteiger partial charge in [-0.2, -0.15) is 4.73 Å². The first-order valence-electron chi connectivity index (χ1n) is 8.38. The molecule has 1 aromatic rings. The molecule has 0 aromatic carbocycles. The van der Waals surface area contributed by atoms with E-state index in [1.165, 1.54) is 43.3 Å². The van der Waals surface area contributed by atoms with E-state index in [1.807, 2.05) is 19.9 Å². The fraction of sp³-hybridized carbons (Fsp3) is 0.667. The third-order valence-electron chi connectivity index (χ3n) is 3.93. The van der Waals surface area contributed by atoms with Crippen molar-refractivity contribution in [2.24, 2.45) is 5.41 Å². The second kappa shape index (κ2) is 9.78. The van der Waals surface area contributed by atoms with Crippen molar-refractivity contribution in [3.05, 3.63) is 29.0 Å². The van der Waals surface area contributed by atoms with Crippen LogP contribution in [0.3, 0.4) is 0 Å². The summed E-state index contributed by atoms with van der Waals surface area (Å²) in [5.41, 5.74) is -0.478. The molecule has 0 radical (unpaired) electrons. The van der Waals surface area contributed by atoms with Crippen molar-refractivity contribution in [3.63, 3.8) is 0 Å². The van der Waals surface area contributed by atoms with Gasteiger partial charge in [0, 0.05) is 6.20 Å². The van der Waals surface area contributed by atoms with Gasteiger partial charge < -0.3 is 4.84 Å². The largest absolute Gasteiger partial charge is 0.338 e. The van der Waals surface area contributed by atoms with E-state index in [4.69, 9.17) is 17.1 Å². The molecule has 0 saturated heterocycles. The zero-order valence-electron chi connectivity index (χ0n) is 14.1. The molecule has 0 spiro atoms. The van der Waals surface area contributed by atoms with Crippen molar-refractivity contribution in [2.45, 2.75) is 72.1 Å². The van der Waals surface area contributed by atoms with Crippen LogP contribution in [0.15, 0.2) is 24.4 Å². The number of aromatic nitrogens is 1. The molecule has 3 nitrogen and oxygen atoms in total. The lowest BCUT2D eigenvalue weighted by Crippen LogP contribution is -2.33. The Bertz CT molecular complexity index is 508. The smallest absolute Gasteiger partial charge is 0.335 e. The number of rotatable bonds is 10. The van der Waals surface area contributed by atoms with Gasteiger partial charge in [0.2, 0.25) is 0 Å². The number of carbonyl (C=O) groups excluding carboxylic acids is 1. The van der Waals surface area contributed by atoms with Crippen LogP contribution in [0.4, 0.5) is 0 Å². The summed E-state index contributed by atoms with van der Waals surface area (Å²) in [6.07, 6.45) is 11.3. The second-order valence-electron chi connectivity index (χ2n) is 6.50. The molecule has 22 heavy (non-hydrogen) atoms. The monoisotopic (exact) mass is 323 g/mol. The van der Waals surface area contributed by atoms with Gasteiger partial charge in [-0.25, -0.2) is 4.79 Å². The first-order chi connectivity index (χ1) is 10.5. The van der Waals surface area contributed by atoms with Crippen LogP contribution in [-0.2, 0) is 4.79 Å². The lowest BCUT2D eigenvalue weighted by molar-refractivity contribution is -0.155. The minimum atomic E-state index is -0.478. The van der Waals surface area contributed by atoms with Gasteiger partial charge in [-0.15, -0.1) is 0 Å². The van der Waals surface area contributed by atoms with Crippen LogP contribution in [0.2, 0.25) is 0 Å². The molecule has 124 valence electrons. The number of carbonyl (C=O) groups is 1. The lowest BCUT2D eigenvalue weighted by atomic mass is 9.87. The molecular weight excluding hydrogens is 294 g/mol. The Morgan fingerprint density at radius 2 is 1.77 bits per heavy atom. The Hall–Kier alpha value is -1.16. The summed E-state index contributed by atoms with van der Waals surface area (Å²) in [6.45, 7) is 6.12. The van der Waals surface area contributed by atoms with Crippen LogP contribution in [0.25, 0.3) is 0 Å². The van der Waals surface area contributed by atoms with Crippen LogP contribution in [-0.4, -0.2) is 10.7 Å². The molecule has 0 atom stereocenters. The number of pyridine rings is 1. The third-order valence-corrected chi connectivity index (χ3v) is 4.24. The summed E-state index contributed by atoms with van der Waals surface area (Å²) in [6, 6.07) is 5.37. The summed E-state index contributed by atoms with van der Waals surface area (Å²) in [5.74, 6) is -0.221. The average Bonchev–Trinajstić information content (AvgIpc) is 2.48. The topological polar surface area (TPSA) is 31.2 Å². The Morgan fingerprint density at radius 3 is 2.41 bits per heavy atom. The van der Waals surface area contributed by atoms with Gasteiger partial charge in [0.05, 0.1) is 5.41 Å². The highest BCUT2D eigenvalue weighted by molar-refractivity contribution is 7.71. The fourth-order valence-corrected chi connectivity index (χ4v) is 2.50. The van der Waals surface area contributed by atoms with Crippen LogP contribution >= 0.6 is 12.2 Å². The van der Waals surface area contributed by atoms with Crippen LogP contribution < -0.4 is 4.84 Å². The molecular formula is C18H29NO2S. The van der Waals surface area contributed by atoms with Gasteiger partial charge in [-0.3, -0.25) is 0 Å². The summed E-state index contributed by atoms with van der Waals surface area (Å²) >= 11 is 5.14. The van der Waals surface area contributed by atoms with E-state index in [9.17, 15) is 4.79 Å². The molecule has 0 aliphatic heterocycles. The molecule has 0 saturated carbocycles. The van der Waals surface area contributed by atoms with Gasteiger partial charge in [-0.05, 0) is 32.4 Å². The van der Waals surface area contributed by atoms with Crippen molar-refractivity contribution in [1.29, 1.82) is 0 Å². The highest BCUT2D eigenvalue weighted by atomic mass is 32.1. The van der Waals surface area contributed by atoms with E-state index in [-0.39, 0.29) is 5.97 Å². The molecule has 1 heterocycles. The minimum absolute atomic E-state index is 0.221. The molecule has 0 aliphatic carbocycles. The van der Waals surface area contributed by atoms with Gasteiger partial charge in [0.1, 0.15) is 4.64 Å². The molecule has 0 bridgehead atoms. The molecule has 0 unspecified atom stereocenters. The lowest BCUT2D eigenvalue weighted by Gasteiger charge is -2.22. The molecule has 0 N–H and O–H groups in total. The van der Waals surface area contributed by atoms with Crippen LogP contribution in [0.5, 0.6) is 0 Å². The van der Waals surface area contributed by atoms with E-state index in [1.54, 1.807) is 18.3 Å². The van der Waals surface area contributed by atoms with Crippen molar-refractivity contribution in [2.75, 3.05) is 0 Å². The molecule has 1 aromatic heterocycles. The first kappa shape index (κ1) is 18.9. The highest BCUT2D eigenvalue weighted by Crippen LogP contribution is 2.25. The Kier molecular flexibility index (Phi) is 8.39. The quantitative estimate of drug-likeness (QED) is 0.430. The van der Waals surface area contributed by atoms with Gasteiger partial charge in [0.25, 0.3) is 0 Å². The molecule has 1 rings (SSSR count). The van der Waals surface area contributed by atoms with E-state index >= 15 is 0 Å². The van der Waals surface area contributed by atoms with E-state index in [0.29, 0.717) is 4.64 Å². The molecule has 0 fully saturated rings. The maximum absolute atomic E-state index is 12.3. The Morgan fingerprint density at radius 1 is 1.14 bits per heavy atom. The van der Waals surface area contributed by atoms with E-state index in [2.05, 4.69) is 6.92 Å². The number of hydrogen-bond donors (Lipinski definition) is 0. The number of hydrogen-bond acceptors (Lipinski definition) is 3. The van der Waals surface area contributed by atoms with Crippen LogP contribution in [0.1, 0.15) is 72.1 Å². The number of nitrogens with zero attached hydrogens (tertiary/aromatic N) is 1. The second-order valence-corrected chi connectivity index (χ2v) is 6.92. The SMILES string of the molecule is CCCCCCCCCC(C)(C)C(=O)On1ccccc1=S. The van der Waals surface area contributed by atoms with Crippen molar-refractivity contribution < 1.29 is 9.63 Å². The zero-order valence-corrected chi connectivity index (χ0v) is 15.0. The normalized spacial score (nSPS) is 11.4. The summed E-state index contributed by atoms with van der Waals surface area (Å²) < 4.78 is 1.87. The van der Waals surface area contributed by atoms with Crippen molar-refractivity contribution in [1.82, 2.24) is 4.73 Å². The van der Waals surface area contributed by atoms with Crippen LogP contribution in [0, 0.1) is 10.1 Å². The standard InChI is InChI=1S/C18H29NO2S/c1-4-5-6-7-8-9-11-14-18(2,3)17(20)21-19-15-12-10-13-16(19)22/h10,12-13,15H,4-9,11,14H2,1-3H3. The van der Waals surface area contributed by atoms with E-state index in [0.717, 1.165) is 12.8 Å². The van der Waals surface area contributed by atoms with Crippen molar-refractivity contribution >= 4 is 18.2 Å². The van der Waals surface area contributed by atoms with Gasteiger partial charge >= 0.3 is 5.97 Å². The maximum Gasteiger partial charge on any atom is 0.338 e. The van der Waals surface area contributed by atoms with Crippen molar-refractivity contribution in [3.8, 4) is 0 Å². The number of unbranched alkanes of at least 4 members (excludes halogenated alkanes) is 6. The maximum atomic E-state index is 12.3. The summed E-state index contributed by atoms with van der Waals surface area (Å²) in [7, 11) is 0. The summed E-state index contributed by atoms with van der Waals surface area (Å²) in [4.78, 5) is 17.7. The van der Waals surface area contributed by atoms with Gasteiger partial charge in [-0.1, -0.05) is 70.2 Å². The first-order valence-corrected chi connectivity index (χ1v) is 8.78. The Labute approximate surface area is 139 Å². The van der Waals surface area contributed by atoms with Gasteiger partial charge in [0.15, 0.2) is 0 Å². The Balaban J connectivity index is 2.34. The third kappa shape index (κ3) is 6.73.